The number of aryl methyl sites for hydroxylation is 2. The van der Waals surface area contributed by atoms with Crippen LogP contribution < -0.4 is 10.0 Å². The molecule has 1 aliphatic heterocycles. The average molecular weight is 422 g/mol. The summed E-state index contributed by atoms with van der Waals surface area (Å²) in [6, 6.07) is 8.07. The number of carbonyl (C=O) groups excluding carboxylic acids is 2. The molecule has 0 aromatic carbocycles. The summed E-state index contributed by atoms with van der Waals surface area (Å²) < 4.78 is 7.45. The van der Waals surface area contributed by atoms with Crippen molar-refractivity contribution in [2.24, 2.45) is 0 Å². The van der Waals surface area contributed by atoms with Crippen LogP contribution in [0, 0.1) is 13.8 Å². The maximum Gasteiger partial charge on any atom is 0.295 e. The average Bonchev–Trinajstić information content (AvgIpc) is 3.36. The van der Waals surface area contributed by atoms with E-state index in [1.807, 2.05) is 20.2 Å². The monoisotopic (exact) mass is 422 g/mol. The van der Waals surface area contributed by atoms with Crippen molar-refractivity contribution in [3.8, 4) is 0 Å². The Balaban J connectivity index is 1.86. The SMILES string of the molecule is Cc1ccc(C2/C(=C(\[O-])c3c(C)nc4ccccn34)C(=O)C(=O)N2CCC[NH+](C)C)o1. The van der Waals surface area contributed by atoms with Crippen LogP contribution in [-0.2, 0) is 9.59 Å². The lowest BCUT2D eigenvalue weighted by atomic mass is 10.0. The van der Waals surface area contributed by atoms with E-state index in [0.717, 1.165) is 6.54 Å². The Labute approximate surface area is 180 Å². The van der Waals surface area contributed by atoms with Gasteiger partial charge in [-0.3, -0.25) is 9.59 Å². The topological polar surface area (TPSA) is 95.3 Å². The van der Waals surface area contributed by atoms with Gasteiger partial charge >= 0.3 is 0 Å². The zero-order valence-corrected chi connectivity index (χ0v) is 18.1. The Bertz CT molecular complexity index is 1190. The first kappa shape index (κ1) is 20.9. The van der Waals surface area contributed by atoms with E-state index < -0.39 is 23.5 Å². The van der Waals surface area contributed by atoms with Crippen LogP contribution in [-0.4, -0.2) is 53.2 Å². The Morgan fingerprint density at radius 3 is 2.65 bits per heavy atom. The maximum atomic E-state index is 13.7. The highest BCUT2D eigenvalue weighted by atomic mass is 16.3. The van der Waals surface area contributed by atoms with E-state index in [0.29, 0.717) is 41.5 Å². The molecule has 1 amide bonds. The highest BCUT2D eigenvalue weighted by molar-refractivity contribution is 6.46. The molecule has 1 aliphatic rings. The number of hydrogen-bond donors (Lipinski definition) is 1. The van der Waals surface area contributed by atoms with Gasteiger partial charge in [-0.2, -0.15) is 0 Å². The molecular weight excluding hydrogens is 396 g/mol. The van der Waals surface area contributed by atoms with Gasteiger partial charge in [0.1, 0.15) is 23.2 Å². The molecule has 3 aromatic heterocycles. The van der Waals surface area contributed by atoms with Crippen molar-refractivity contribution in [3.63, 3.8) is 0 Å². The molecule has 1 unspecified atom stereocenters. The van der Waals surface area contributed by atoms with Gasteiger partial charge in [0.2, 0.25) is 5.78 Å². The molecule has 8 nitrogen and oxygen atoms in total. The third-order valence-corrected chi connectivity index (χ3v) is 5.56. The van der Waals surface area contributed by atoms with Crippen molar-refractivity contribution in [1.82, 2.24) is 14.3 Å². The maximum absolute atomic E-state index is 13.7. The van der Waals surface area contributed by atoms with Crippen LogP contribution in [0.15, 0.2) is 46.5 Å². The van der Waals surface area contributed by atoms with Crippen molar-refractivity contribution in [2.75, 3.05) is 27.2 Å². The van der Waals surface area contributed by atoms with Crippen molar-refractivity contribution < 1.29 is 24.0 Å². The zero-order valence-electron chi connectivity index (χ0n) is 18.1. The molecule has 8 heteroatoms. The van der Waals surface area contributed by atoms with Gasteiger partial charge in [0.15, 0.2) is 0 Å². The van der Waals surface area contributed by atoms with Gasteiger partial charge in [0.05, 0.1) is 32.0 Å². The van der Waals surface area contributed by atoms with Gasteiger partial charge in [-0.1, -0.05) is 11.8 Å². The van der Waals surface area contributed by atoms with Crippen LogP contribution in [0.3, 0.4) is 0 Å². The van der Waals surface area contributed by atoms with E-state index in [-0.39, 0.29) is 5.57 Å². The molecule has 1 atom stereocenters. The van der Waals surface area contributed by atoms with Gasteiger partial charge in [-0.25, -0.2) is 4.98 Å². The highest BCUT2D eigenvalue weighted by Crippen LogP contribution is 2.39. The van der Waals surface area contributed by atoms with E-state index in [2.05, 4.69) is 4.98 Å². The number of amides is 1. The number of carbonyl (C=O) groups is 2. The van der Waals surface area contributed by atoms with Crippen LogP contribution in [0.5, 0.6) is 0 Å². The van der Waals surface area contributed by atoms with Crippen LogP contribution >= 0.6 is 0 Å². The van der Waals surface area contributed by atoms with Crippen molar-refractivity contribution in [3.05, 3.63) is 65.0 Å². The van der Waals surface area contributed by atoms with Crippen LogP contribution in [0.4, 0.5) is 0 Å². The van der Waals surface area contributed by atoms with E-state index in [1.54, 1.807) is 48.7 Å². The van der Waals surface area contributed by atoms with E-state index in [1.165, 1.54) is 9.80 Å². The first-order valence-corrected chi connectivity index (χ1v) is 10.4. The second-order valence-corrected chi connectivity index (χ2v) is 8.21. The van der Waals surface area contributed by atoms with Gasteiger partial charge in [0.25, 0.3) is 5.91 Å². The molecule has 0 aliphatic carbocycles. The van der Waals surface area contributed by atoms with Crippen LogP contribution in [0.2, 0.25) is 0 Å². The smallest absolute Gasteiger partial charge is 0.295 e. The standard InChI is InChI=1S/C23H26N4O4/c1-14-9-10-16(31-14)20-18(22(29)23(30)27(20)13-7-11-25(3)4)21(28)19-15(2)24-17-8-5-6-12-26(17)19/h5-6,8-10,12,20,28H,7,11,13H2,1-4H3/b21-18+. The first-order chi connectivity index (χ1) is 14.8. The summed E-state index contributed by atoms with van der Waals surface area (Å²) in [6.45, 7) is 4.71. The highest BCUT2D eigenvalue weighted by Gasteiger charge is 2.45. The van der Waals surface area contributed by atoms with Gasteiger partial charge < -0.3 is 23.7 Å². The third-order valence-electron chi connectivity index (χ3n) is 5.56. The number of fused-ring (bicyclic) bond motifs is 1. The van der Waals surface area contributed by atoms with E-state index in [4.69, 9.17) is 4.42 Å². The number of ketones is 1. The Kier molecular flexibility index (Phi) is 5.41. The predicted molar refractivity (Wildman–Crippen MR) is 112 cm³/mol. The second-order valence-electron chi connectivity index (χ2n) is 8.21. The lowest BCUT2D eigenvalue weighted by Crippen LogP contribution is -3.05. The largest absolute Gasteiger partial charge is 0.871 e. The van der Waals surface area contributed by atoms with Gasteiger partial charge in [-0.05, 0) is 38.1 Å². The predicted octanol–water partition coefficient (Wildman–Crippen LogP) is 0.303. The van der Waals surface area contributed by atoms with Gasteiger partial charge in [-0.15, -0.1) is 0 Å². The first-order valence-electron chi connectivity index (χ1n) is 10.4. The molecule has 0 radical (unpaired) electrons. The number of nitrogens with zero attached hydrogens (tertiary/aromatic N) is 3. The number of aromatic nitrogens is 2. The number of Topliss-reactive ketones (excluding diaryl/α,β-unsaturated/α-hetero) is 1. The number of nitrogens with one attached hydrogen (secondary N) is 1. The fourth-order valence-corrected chi connectivity index (χ4v) is 4.11. The Morgan fingerprint density at radius 2 is 1.97 bits per heavy atom. The number of quaternary nitrogens is 1. The number of likely N-dealkylation sites (tertiary alicyclic amines) is 1. The fraction of sp³-hybridized carbons (Fsp3) is 0.348. The minimum absolute atomic E-state index is 0.0784. The number of pyridine rings is 1. The Hall–Kier alpha value is -3.39. The van der Waals surface area contributed by atoms with Gasteiger partial charge in [0, 0.05) is 24.7 Å². The van der Waals surface area contributed by atoms with Crippen molar-refractivity contribution in [2.45, 2.75) is 26.3 Å². The molecule has 4 heterocycles. The lowest BCUT2D eigenvalue weighted by molar-refractivity contribution is -0.858. The number of furan rings is 1. The third kappa shape index (κ3) is 3.63. The lowest BCUT2D eigenvalue weighted by Gasteiger charge is -2.25. The van der Waals surface area contributed by atoms with Crippen LogP contribution in [0.25, 0.3) is 11.4 Å². The Morgan fingerprint density at radius 1 is 1.19 bits per heavy atom. The molecule has 31 heavy (non-hydrogen) atoms. The summed E-state index contributed by atoms with van der Waals surface area (Å²) in [6.07, 6.45) is 2.43. The minimum Gasteiger partial charge on any atom is -0.871 e. The number of rotatable bonds is 6. The molecule has 0 saturated carbocycles. The second kappa shape index (κ2) is 8.03. The summed E-state index contributed by atoms with van der Waals surface area (Å²) >= 11 is 0. The fourth-order valence-electron chi connectivity index (χ4n) is 4.11. The molecule has 1 saturated heterocycles. The molecule has 0 bridgehead atoms. The van der Waals surface area contributed by atoms with E-state index in [9.17, 15) is 14.7 Å². The molecule has 1 fully saturated rings. The number of hydrogen-bond acceptors (Lipinski definition) is 5. The summed E-state index contributed by atoms with van der Waals surface area (Å²) in [5.41, 5.74) is 1.33. The quantitative estimate of drug-likeness (QED) is 0.350. The molecule has 0 spiro atoms. The van der Waals surface area contributed by atoms with E-state index >= 15 is 0 Å². The van der Waals surface area contributed by atoms with Crippen molar-refractivity contribution in [1.29, 1.82) is 0 Å². The number of imidazole rings is 1. The normalized spacial score (nSPS) is 18.6. The van der Waals surface area contributed by atoms with Crippen LogP contribution in [0.1, 0.15) is 35.4 Å². The summed E-state index contributed by atoms with van der Waals surface area (Å²) in [4.78, 5) is 33.1. The zero-order chi connectivity index (χ0) is 22.3. The van der Waals surface area contributed by atoms with Crippen molar-refractivity contribution >= 4 is 23.1 Å². The molecule has 1 N–H and O–H groups in total. The summed E-state index contributed by atoms with van der Waals surface area (Å²) in [5.74, 6) is -0.857. The molecule has 162 valence electrons. The molecular formula is C23H26N4O4. The minimum atomic E-state index is -0.841. The summed E-state index contributed by atoms with van der Waals surface area (Å²) in [5, 5.41) is 13.7. The molecule has 4 rings (SSSR count). The summed E-state index contributed by atoms with van der Waals surface area (Å²) in [7, 11) is 4.05. The molecule has 3 aromatic rings.